The first-order valence-corrected chi connectivity index (χ1v) is 9.42. The van der Waals surface area contributed by atoms with Gasteiger partial charge in [0.2, 0.25) is 0 Å². The molecule has 1 aromatic rings. The van der Waals surface area contributed by atoms with Crippen molar-refractivity contribution in [3.63, 3.8) is 0 Å². The van der Waals surface area contributed by atoms with E-state index in [9.17, 15) is 4.39 Å². The summed E-state index contributed by atoms with van der Waals surface area (Å²) in [4.78, 5) is 0. The van der Waals surface area contributed by atoms with Gasteiger partial charge in [-0.2, -0.15) is 0 Å². The van der Waals surface area contributed by atoms with Crippen LogP contribution in [0.25, 0.3) is 0 Å². The van der Waals surface area contributed by atoms with E-state index >= 15 is 0 Å². The Morgan fingerprint density at radius 2 is 1.45 bits per heavy atom. The van der Waals surface area contributed by atoms with Gasteiger partial charge in [0.05, 0.1) is 7.11 Å². The molecule has 20 heavy (non-hydrogen) atoms. The second kappa shape index (κ2) is 6.61. The fourth-order valence-electron chi connectivity index (χ4n) is 3.23. The zero-order valence-corrected chi connectivity index (χ0v) is 14.7. The largest absolute Gasteiger partial charge is 0.541 e. The van der Waals surface area contributed by atoms with Crippen LogP contribution in [0.5, 0.6) is 11.5 Å². The molecule has 0 fully saturated rings. The van der Waals surface area contributed by atoms with Gasteiger partial charge < -0.3 is 9.16 Å². The molecule has 2 nitrogen and oxygen atoms in total. The molecule has 0 bridgehead atoms. The Kier molecular flexibility index (Phi) is 5.63. The average molecular weight is 298 g/mol. The van der Waals surface area contributed by atoms with E-state index in [2.05, 4.69) is 41.5 Å². The lowest BCUT2D eigenvalue weighted by atomic mass is 10.3. The molecule has 0 saturated heterocycles. The van der Waals surface area contributed by atoms with Crippen LogP contribution in [0, 0.1) is 5.82 Å². The van der Waals surface area contributed by atoms with E-state index in [1.165, 1.54) is 6.07 Å². The number of hydrogen-bond acceptors (Lipinski definition) is 2. The maximum Gasteiger partial charge on any atom is 0.258 e. The molecular weight excluding hydrogens is 271 g/mol. The number of hydrogen-bond donors (Lipinski definition) is 0. The summed E-state index contributed by atoms with van der Waals surface area (Å²) in [6.45, 7) is 13.1. The third-order valence-electron chi connectivity index (χ3n) is 4.13. The normalized spacial score (nSPS) is 12.3. The number of benzene rings is 1. The van der Waals surface area contributed by atoms with Crippen molar-refractivity contribution in [3.8, 4) is 11.5 Å². The molecule has 0 aromatic heterocycles. The molecule has 0 amide bonds. The molecule has 0 N–H and O–H groups in total. The third-order valence-corrected chi connectivity index (χ3v) is 10.1. The molecule has 1 aromatic carbocycles. The number of rotatable bonds is 6. The highest BCUT2D eigenvalue weighted by Gasteiger charge is 2.47. The minimum atomic E-state index is -2.13. The van der Waals surface area contributed by atoms with Gasteiger partial charge in [-0.1, -0.05) is 41.5 Å². The van der Waals surface area contributed by atoms with Gasteiger partial charge in [0.25, 0.3) is 8.32 Å². The second-order valence-corrected chi connectivity index (χ2v) is 11.6. The van der Waals surface area contributed by atoms with Crippen LogP contribution in [-0.4, -0.2) is 15.4 Å². The number of methoxy groups -OCH3 is 1. The van der Waals surface area contributed by atoms with Crippen molar-refractivity contribution in [1.82, 2.24) is 0 Å². The Balaban J connectivity index is 3.26. The van der Waals surface area contributed by atoms with Crippen LogP contribution in [0.1, 0.15) is 41.5 Å². The Morgan fingerprint density at radius 3 is 1.85 bits per heavy atom. The van der Waals surface area contributed by atoms with Crippen molar-refractivity contribution in [2.24, 2.45) is 0 Å². The van der Waals surface area contributed by atoms with E-state index in [0.717, 1.165) is 0 Å². The summed E-state index contributed by atoms with van der Waals surface area (Å²) in [6.07, 6.45) is 0. The van der Waals surface area contributed by atoms with E-state index in [1.54, 1.807) is 19.2 Å². The highest BCUT2D eigenvalue weighted by Crippen LogP contribution is 2.43. The monoisotopic (exact) mass is 298 g/mol. The zero-order valence-electron chi connectivity index (χ0n) is 13.7. The lowest BCUT2D eigenvalue weighted by molar-refractivity contribution is 0.403. The first kappa shape index (κ1) is 17.0. The van der Waals surface area contributed by atoms with Crippen molar-refractivity contribution in [2.75, 3.05) is 7.11 Å². The van der Waals surface area contributed by atoms with Gasteiger partial charge >= 0.3 is 0 Å². The van der Waals surface area contributed by atoms with Gasteiger partial charge in [0.15, 0.2) is 5.82 Å². The Labute approximate surface area is 123 Å². The van der Waals surface area contributed by atoms with Gasteiger partial charge in [0.1, 0.15) is 11.5 Å². The molecule has 0 atom stereocenters. The second-order valence-electron chi connectivity index (χ2n) is 6.22. The molecule has 0 aliphatic carbocycles. The van der Waals surface area contributed by atoms with Crippen LogP contribution >= 0.6 is 0 Å². The molecule has 0 radical (unpaired) electrons. The van der Waals surface area contributed by atoms with Crippen molar-refractivity contribution < 1.29 is 13.6 Å². The molecule has 0 aliphatic rings. The molecule has 114 valence electrons. The average Bonchev–Trinajstić information content (AvgIpc) is 2.36. The minimum Gasteiger partial charge on any atom is -0.541 e. The van der Waals surface area contributed by atoms with E-state index in [-0.39, 0.29) is 5.82 Å². The zero-order chi connectivity index (χ0) is 15.5. The van der Waals surface area contributed by atoms with Gasteiger partial charge in [-0.05, 0) is 28.8 Å². The van der Waals surface area contributed by atoms with Crippen LogP contribution in [0.3, 0.4) is 0 Å². The van der Waals surface area contributed by atoms with Gasteiger partial charge in [-0.15, -0.1) is 0 Å². The molecule has 4 heteroatoms. The van der Waals surface area contributed by atoms with Crippen LogP contribution < -0.4 is 9.16 Å². The van der Waals surface area contributed by atoms with Crippen LogP contribution in [0.4, 0.5) is 4.39 Å². The highest BCUT2D eigenvalue weighted by molar-refractivity contribution is 6.78. The Hall–Kier alpha value is -1.03. The molecular formula is C16H27FO2Si. The van der Waals surface area contributed by atoms with E-state index in [1.807, 2.05) is 0 Å². The summed E-state index contributed by atoms with van der Waals surface area (Å²) in [5, 5.41) is 0. The maximum absolute atomic E-state index is 14.1. The van der Waals surface area contributed by atoms with E-state index in [4.69, 9.17) is 9.16 Å². The first-order chi connectivity index (χ1) is 9.25. The van der Waals surface area contributed by atoms with Crippen LogP contribution in [-0.2, 0) is 0 Å². The van der Waals surface area contributed by atoms with Crippen molar-refractivity contribution in [1.29, 1.82) is 0 Å². The fourth-order valence-corrected chi connectivity index (χ4v) is 8.48. The number of halogens is 1. The highest BCUT2D eigenvalue weighted by atomic mass is 28.4. The van der Waals surface area contributed by atoms with E-state index in [0.29, 0.717) is 28.1 Å². The lowest BCUT2D eigenvalue weighted by Crippen LogP contribution is -2.50. The van der Waals surface area contributed by atoms with Gasteiger partial charge in [-0.3, -0.25) is 0 Å². The summed E-state index contributed by atoms with van der Waals surface area (Å²) in [6, 6.07) is 4.68. The molecule has 0 heterocycles. The summed E-state index contributed by atoms with van der Waals surface area (Å²) in [5.41, 5.74) is 1.23. The summed E-state index contributed by atoms with van der Waals surface area (Å²) >= 11 is 0. The molecule has 0 spiro atoms. The molecule has 1 rings (SSSR count). The predicted molar refractivity (Wildman–Crippen MR) is 84.6 cm³/mol. The quantitative estimate of drug-likeness (QED) is 0.656. The molecule has 0 saturated carbocycles. The fraction of sp³-hybridized carbons (Fsp3) is 0.625. The molecule has 0 aliphatic heterocycles. The lowest BCUT2D eigenvalue weighted by Gasteiger charge is -2.42. The SMILES string of the molecule is COc1ccc(F)c(O[Si](C(C)C)(C(C)C)C(C)C)c1. The van der Waals surface area contributed by atoms with Crippen LogP contribution in [0.2, 0.25) is 16.6 Å². The van der Waals surface area contributed by atoms with Gasteiger partial charge in [-0.25, -0.2) is 4.39 Å². The summed E-state index contributed by atoms with van der Waals surface area (Å²) in [5.74, 6) is 0.636. The third kappa shape index (κ3) is 3.17. The molecule has 0 unspecified atom stereocenters. The topological polar surface area (TPSA) is 18.5 Å². The number of ether oxygens (including phenoxy) is 1. The van der Waals surface area contributed by atoms with Crippen molar-refractivity contribution in [2.45, 2.75) is 58.2 Å². The Bertz CT molecular complexity index is 422. The predicted octanol–water partition coefficient (Wildman–Crippen LogP) is 5.39. The summed E-state index contributed by atoms with van der Waals surface area (Å²) < 4.78 is 25.6. The van der Waals surface area contributed by atoms with E-state index < -0.39 is 8.32 Å². The van der Waals surface area contributed by atoms with Crippen LogP contribution in [0.15, 0.2) is 18.2 Å². The first-order valence-electron chi connectivity index (χ1n) is 7.28. The summed E-state index contributed by atoms with van der Waals surface area (Å²) in [7, 11) is -0.553. The van der Waals surface area contributed by atoms with Gasteiger partial charge in [0, 0.05) is 6.07 Å². The minimum absolute atomic E-state index is 0.315. The maximum atomic E-state index is 14.1. The van der Waals surface area contributed by atoms with Crippen molar-refractivity contribution >= 4 is 8.32 Å². The Morgan fingerprint density at radius 1 is 0.950 bits per heavy atom. The standard InChI is InChI=1S/C16H27FO2Si/c1-11(2)20(12(3)4,13(5)6)19-16-10-14(18-7)8-9-15(16)17/h8-13H,1-7H3. The van der Waals surface area contributed by atoms with Crippen molar-refractivity contribution in [3.05, 3.63) is 24.0 Å². The smallest absolute Gasteiger partial charge is 0.258 e.